The van der Waals surface area contributed by atoms with Gasteiger partial charge in [-0.3, -0.25) is 0 Å². The van der Waals surface area contributed by atoms with Crippen molar-refractivity contribution in [1.82, 2.24) is 0 Å². The first-order valence-corrected chi connectivity index (χ1v) is 5.96. The summed E-state index contributed by atoms with van der Waals surface area (Å²) in [7, 11) is 0. The van der Waals surface area contributed by atoms with Gasteiger partial charge < -0.3 is 15.6 Å². The van der Waals surface area contributed by atoms with Gasteiger partial charge in [-0.05, 0) is 29.8 Å². The highest BCUT2D eigenvalue weighted by atomic mass is 35.5. The fourth-order valence-corrected chi connectivity index (χ4v) is 1.69. The first-order valence-electron chi connectivity index (χ1n) is 5.58. The van der Waals surface area contributed by atoms with E-state index in [0.717, 1.165) is 5.56 Å². The molecule has 0 saturated heterocycles. The Labute approximate surface area is 111 Å². The minimum absolute atomic E-state index is 0.174. The number of hydrogen-bond acceptors (Lipinski definition) is 3. The van der Waals surface area contributed by atoms with Crippen LogP contribution in [0.15, 0.2) is 48.5 Å². The standard InChI is InChI=1S/C14H14ClNO2/c15-11-6-4-10(5-7-11)14(16)9-18-13-3-1-2-12(17)8-13/h1-8,14,17H,9,16H2. The molecular formula is C14H14ClNO2. The molecule has 2 aromatic carbocycles. The van der Waals surface area contributed by atoms with Crippen molar-refractivity contribution in [3.05, 3.63) is 59.1 Å². The number of benzene rings is 2. The van der Waals surface area contributed by atoms with Crippen LogP contribution in [0, 0.1) is 0 Å². The van der Waals surface area contributed by atoms with E-state index in [2.05, 4.69) is 0 Å². The van der Waals surface area contributed by atoms with E-state index in [1.807, 2.05) is 12.1 Å². The lowest BCUT2D eigenvalue weighted by molar-refractivity contribution is 0.289. The van der Waals surface area contributed by atoms with Gasteiger partial charge in [-0.25, -0.2) is 0 Å². The van der Waals surface area contributed by atoms with Crippen LogP contribution >= 0.6 is 11.6 Å². The summed E-state index contributed by atoms with van der Waals surface area (Å²) in [4.78, 5) is 0. The van der Waals surface area contributed by atoms with Crippen LogP contribution in [0.3, 0.4) is 0 Å². The Hall–Kier alpha value is -1.71. The van der Waals surface area contributed by atoms with Crippen LogP contribution in [0.1, 0.15) is 11.6 Å². The predicted molar refractivity (Wildman–Crippen MR) is 72.0 cm³/mol. The largest absolute Gasteiger partial charge is 0.508 e. The van der Waals surface area contributed by atoms with E-state index in [1.165, 1.54) is 0 Å². The molecule has 0 aromatic heterocycles. The maximum absolute atomic E-state index is 9.30. The number of phenolic OH excluding ortho intramolecular Hbond substituents is 1. The van der Waals surface area contributed by atoms with Gasteiger partial charge in [-0.2, -0.15) is 0 Å². The Morgan fingerprint density at radius 2 is 1.89 bits per heavy atom. The summed E-state index contributed by atoms with van der Waals surface area (Å²) in [5.41, 5.74) is 6.96. The number of ether oxygens (including phenoxy) is 1. The average molecular weight is 264 g/mol. The van der Waals surface area contributed by atoms with E-state index in [-0.39, 0.29) is 11.8 Å². The Kier molecular flexibility index (Phi) is 4.07. The van der Waals surface area contributed by atoms with Crippen molar-refractivity contribution in [1.29, 1.82) is 0 Å². The van der Waals surface area contributed by atoms with Crippen molar-refractivity contribution in [2.24, 2.45) is 5.73 Å². The van der Waals surface area contributed by atoms with Crippen molar-refractivity contribution in [3.63, 3.8) is 0 Å². The minimum Gasteiger partial charge on any atom is -0.508 e. The third-order valence-corrected chi connectivity index (χ3v) is 2.80. The summed E-state index contributed by atoms with van der Waals surface area (Å²) < 4.78 is 5.52. The lowest BCUT2D eigenvalue weighted by Crippen LogP contribution is -2.18. The lowest BCUT2D eigenvalue weighted by Gasteiger charge is -2.13. The van der Waals surface area contributed by atoms with Gasteiger partial charge in [0.1, 0.15) is 18.1 Å². The van der Waals surface area contributed by atoms with Crippen LogP contribution in [-0.2, 0) is 0 Å². The van der Waals surface area contributed by atoms with Gasteiger partial charge >= 0.3 is 0 Å². The van der Waals surface area contributed by atoms with E-state index in [4.69, 9.17) is 22.1 Å². The average Bonchev–Trinajstić information content (AvgIpc) is 2.37. The fraction of sp³-hybridized carbons (Fsp3) is 0.143. The van der Waals surface area contributed by atoms with E-state index in [9.17, 15) is 5.11 Å². The molecule has 0 fully saturated rings. The summed E-state index contributed by atoms with van der Waals surface area (Å²) >= 11 is 5.81. The Morgan fingerprint density at radius 1 is 1.17 bits per heavy atom. The molecule has 2 rings (SSSR count). The van der Waals surface area contributed by atoms with Gasteiger partial charge in [0.2, 0.25) is 0 Å². The highest BCUT2D eigenvalue weighted by Gasteiger charge is 2.07. The molecule has 0 aliphatic carbocycles. The lowest BCUT2D eigenvalue weighted by atomic mass is 10.1. The Bertz CT molecular complexity index is 513. The molecule has 18 heavy (non-hydrogen) atoms. The third-order valence-electron chi connectivity index (χ3n) is 2.55. The van der Waals surface area contributed by atoms with Crippen molar-refractivity contribution in [3.8, 4) is 11.5 Å². The maximum Gasteiger partial charge on any atom is 0.123 e. The van der Waals surface area contributed by atoms with Gasteiger partial charge in [0.15, 0.2) is 0 Å². The monoisotopic (exact) mass is 263 g/mol. The highest BCUT2D eigenvalue weighted by molar-refractivity contribution is 6.30. The predicted octanol–water partition coefficient (Wildman–Crippen LogP) is 3.12. The van der Waals surface area contributed by atoms with Gasteiger partial charge in [0, 0.05) is 11.1 Å². The molecule has 0 spiro atoms. The van der Waals surface area contributed by atoms with Gasteiger partial charge in [-0.1, -0.05) is 29.8 Å². The smallest absolute Gasteiger partial charge is 0.123 e. The van der Waals surface area contributed by atoms with E-state index < -0.39 is 0 Å². The molecule has 3 nitrogen and oxygen atoms in total. The van der Waals surface area contributed by atoms with Crippen LogP contribution in [0.2, 0.25) is 5.02 Å². The molecule has 0 radical (unpaired) electrons. The molecule has 0 bridgehead atoms. The number of phenols is 1. The van der Waals surface area contributed by atoms with Gasteiger partial charge in [0.25, 0.3) is 0 Å². The first kappa shape index (κ1) is 12.7. The molecule has 0 amide bonds. The minimum atomic E-state index is -0.232. The second-order valence-corrected chi connectivity index (χ2v) is 4.40. The van der Waals surface area contributed by atoms with Crippen molar-refractivity contribution >= 4 is 11.6 Å². The Balaban J connectivity index is 1.96. The van der Waals surface area contributed by atoms with Gasteiger partial charge in [-0.15, -0.1) is 0 Å². The van der Waals surface area contributed by atoms with Crippen LogP contribution in [0.5, 0.6) is 11.5 Å². The third kappa shape index (κ3) is 3.39. The number of hydrogen-bond donors (Lipinski definition) is 2. The summed E-state index contributed by atoms with van der Waals surface area (Å²) in [6.45, 7) is 0.338. The molecule has 94 valence electrons. The van der Waals surface area contributed by atoms with Crippen LogP contribution in [0.25, 0.3) is 0 Å². The molecule has 1 unspecified atom stereocenters. The molecule has 0 saturated carbocycles. The van der Waals surface area contributed by atoms with Crippen molar-refractivity contribution in [2.45, 2.75) is 6.04 Å². The van der Waals surface area contributed by atoms with E-state index >= 15 is 0 Å². The second kappa shape index (κ2) is 5.76. The summed E-state index contributed by atoms with van der Waals surface area (Å²) in [5, 5.41) is 9.98. The molecule has 0 aliphatic rings. The highest BCUT2D eigenvalue weighted by Crippen LogP contribution is 2.20. The van der Waals surface area contributed by atoms with Crippen LogP contribution in [-0.4, -0.2) is 11.7 Å². The normalized spacial score (nSPS) is 12.1. The second-order valence-electron chi connectivity index (χ2n) is 3.97. The summed E-state index contributed by atoms with van der Waals surface area (Å²) in [5.74, 6) is 0.770. The molecule has 1 atom stereocenters. The summed E-state index contributed by atoms with van der Waals surface area (Å²) in [6, 6.07) is 13.7. The molecular weight excluding hydrogens is 250 g/mol. The van der Waals surface area contributed by atoms with Crippen molar-refractivity contribution < 1.29 is 9.84 Å². The maximum atomic E-state index is 9.30. The van der Waals surface area contributed by atoms with Crippen LogP contribution < -0.4 is 10.5 Å². The van der Waals surface area contributed by atoms with Gasteiger partial charge in [0.05, 0.1) is 6.04 Å². The van der Waals surface area contributed by atoms with Crippen LogP contribution in [0.4, 0.5) is 0 Å². The zero-order chi connectivity index (χ0) is 13.0. The molecule has 4 heteroatoms. The number of halogens is 1. The molecule has 2 aromatic rings. The fourth-order valence-electron chi connectivity index (χ4n) is 1.57. The number of rotatable bonds is 4. The molecule has 0 heterocycles. The summed E-state index contributed by atoms with van der Waals surface area (Å²) in [6.07, 6.45) is 0. The SMILES string of the molecule is NC(COc1cccc(O)c1)c1ccc(Cl)cc1. The quantitative estimate of drug-likeness (QED) is 0.891. The first-order chi connectivity index (χ1) is 8.65. The Morgan fingerprint density at radius 3 is 2.56 bits per heavy atom. The van der Waals surface area contributed by atoms with E-state index in [1.54, 1.807) is 36.4 Å². The number of nitrogens with two attached hydrogens (primary N) is 1. The molecule has 3 N–H and O–H groups in total. The zero-order valence-corrected chi connectivity index (χ0v) is 10.5. The zero-order valence-electron chi connectivity index (χ0n) is 9.71. The molecule has 0 aliphatic heterocycles. The topological polar surface area (TPSA) is 55.5 Å². The number of aromatic hydroxyl groups is 1. The van der Waals surface area contributed by atoms with Crippen molar-refractivity contribution in [2.75, 3.05) is 6.61 Å². The van der Waals surface area contributed by atoms with E-state index in [0.29, 0.717) is 17.4 Å².